The molecule has 0 aliphatic heterocycles. The zero-order chi connectivity index (χ0) is 21.7. The molecular formula is C26H28O5. The Morgan fingerprint density at radius 2 is 1.13 bits per heavy atom. The van der Waals surface area contributed by atoms with Crippen LogP contribution >= 0.6 is 0 Å². The van der Waals surface area contributed by atoms with Crippen LogP contribution in [0.3, 0.4) is 0 Å². The second kappa shape index (κ2) is 12.8. The first kappa shape index (κ1) is 22.8. The van der Waals surface area contributed by atoms with Crippen LogP contribution < -0.4 is 0 Å². The SMILES string of the molecule is O=C[C@@H](OCc1ccccc1)[C@H](OCc1ccccc1)[C@@H](O)COCc1ccccc1. The van der Waals surface area contributed by atoms with Gasteiger partial charge in [0.15, 0.2) is 6.29 Å². The molecule has 5 nitrogen and oxygen atoms in total. The molecule has 3 aromatic carbocycles. The molecule has 0 saturated carbocycles. The molecule has 3 aromatic rings. The van der Waals surface area contributed by atoms with Crippen LogP contribution in [0.5, 0.6) is 0 Å². The van der Waals surface area contributed by atoms with Gasteiger partial charge in [0, 0.05) is 0 Å². The second-order valence-electron chi connectivity index (χ2n) is 7.23. The van der Waals surface area contributed by atoms with Crippen molar-refractivity contribution >= 4 is 6.29 Å². The zero-order valence-electron chi connectivity index (χ0n) is 17.4. The number of ether oxygens (including phenoxy) is 3. The van der Waals surface area contributed by atoms with Crippen molar-refractivity contribution in [3.05, 3.63) is 108 Å². The summed E-state index contributed by atoms with van der Waals surface area (Å²) >= 11 is 0. The minimum absolute atomic E-state index is 0.0212. The number of carbonyl (C=O) groups is 1. The molecule has 0 unspecified atom stereocenters. The number of aliphatic hydroxyl groups excluding tert-OH is 1. The molecule has 0 amide bonds. The fourth-order valence-electron chi connectivity index (χ4n) is 3.14. The van der Waals surface area contributed by atoms with E-state index in [0.29, 0.717) is 12.9 Å². The van der Waals surface area contributed by atoms with Crippen LogP contribution in [-0.4, -0.2) is 36.3 Å². The zero-order valence-corrected chi connectivity index (χ0v) is 17.4. The average Bonchev–Trinajstić information content (AvgIpc) is 2.83. The van der Waals surface area contributed by atoms with Crippen molar-refractivity contribution in [1.29, 1.82) is 0 Å². The number of carbonyl (C=O) groups excluding carboxylic acids is 1. The highest BCUT2D eigenvalue weighted by atomic mass is 16.6. The van der Waals surface area contributed by atoms with E-state index in [0.717, 1.165) is 16.7 Å². The summed E-state index contributed by atoms with van der Waals surface area (Å²) in [6, 6.07) is 28.9. The van der Waals surface area contributed by atoms with E-state index in [1.54, 1.807) is 0 Å². The predicted molar refractivity (Wildman–Crippen MR) is 118 cm³/mol. The maximum atomic E-state index is 11.8. The van der Waals surface area contributed by atoms with Gasteiger partial charge >= 0.3 is 0 Å². The summed E-state index contributed by atoms with van der Waals surface area (Å²) < 4.78 is 17.4. The summed E-state index contributed by atoms with van der Waals surface area (Å²) in [5.74, 6) is 0. The Kier molecular flexibility index (Phi) is 9.41. The molecule has 3 rings (SSSR count). The molecule has 5 heteroatoms. The molecule has 1 N–H and O–H groups in total. The monoisotopic (exact) mass is 420 g/mol. The van der Waals surface area contributed by atoms with E-state index in [-0.39, 0.29) is 19.8 Å². The number of rotatable bonds is 13. The van der Waals surface area contributed by atoms with Gasteiger partial charge in [-0.05, 0) is 16.7 Å². The Morgan fingerprint density at radius 3 is 1.61 bits per heavy atom. The lowest BCUT2D eigenvalue weighted by atomic mass is 10.1. The highest BCUT2D eigenvalue weighted by molar-refractivity contribution is 5.57. The van der Waals surface area contributed by atoms with Gasteiger partial charge in [-0.15, -0.1) is 0 Å². The molecule has 0 fully saturated rings. The van der Waals surface area contributed by atoms with Crippen molar-refractivity contribution in [3.63, 3.8) is 0 Å². The summed E-state index contributed by atoms with van der Waals surface area (Å²) in [6.07, 6.45) is -2.14. The number of aliphatic hydroxyl groups is 1. The highest BCUT2D eigenvalue weighted by Gasteiger charge is 2.30. The lowest BCUT2D eigenvalue weighted by Gasteiger charge is -2.28. The standard InChI is InChI=1S/C26H28O5/c27-16-25(30-18-22-12-6-2-7-13-22)26(31-19-23-14-8-3-9-15-23)24(28)20-29-17-21-10-4-1-5-11-21/h1-16,24-26,28H,17-20H2/t24-,25+,26+/m0/s1. The number of benzene rings is 3. The average molecular weight is 421 g/mol. The molecule has 0 saturated heterocycles. The normalized spacial score (nSPS) is 14.0. The molecule has 0 spiro atoms. The van der Waals surface area contributed by atoms with Gasteiger partial charge < -0.3 is 24.1 Å². The highest BCUT2D eigenvalue weighted by Crippen LogP contribution is 2.15. The molecule has 0 aromatic heterocycles. The van der Waals surface area contributed by atoms with Crippen LogP contribution in [0.25, 0.3) is 0 Å². The molecule has 0 bridgehead atoms. The summed E-state index contributed by atoms with van der Waals surface area (Å²) in [5, 5.41) is 10.8. The molecule has 0 aliphatic rings. The van der Waals surface area contributed by atoms with E-state index in [2.05, 4.69) is 0 Å². The summed E-state index contributed by atoms with van der Waals surface area (Å²) in [6.45, 7) is 0.876. The molecular weight excluding hydrogens is 392 g/mol. The predicted octanol–water partition coefficient (Wildman–Crippen LogP) is 3.93. The van der Waals surface area contributed by atoms with Crippen LogP contribution in [0.1, 0.15) is 16.7 Å². The first-order chi connectivity index (χ1) is 15.3. The third-order valence-electron chi connectivity index (χ3n) is 4.81. The summed E-state index contributed by atoms with van der Waals surface area (Å²) in [5.41, 5.74) is 2.88. The van der Waals surface area contributed by atoms with Crippen LogP contribution in [0, 0.1) is 0 Å². The fraction of sp³-hybridized carbons (Fsp3) is 0.269. The first-order valence-electron chi connectivity index (χ1n) is 10.3. The third kappa shape index (κ3) is 7.74. The van der Waals surface area contributed by atoms with Gasteiger partial charge in [0.05, 0.1) is 26.4 Å². The van der Waals surface area contributed by atoms with Crippen molar-refractivity contribution in [2.24, 2.45) is 0 Å². The van der Waals surface area contributed by atoms with Gasteiger partial charge in [-0.2, -0.15) is 0 Å². The molecule has 0 aliphatic carbocycles. The molecule has 0 radical (unpaired) electrons. The summed E-state index contributed by atoms with van der Waals surface area (Å²) in [4.78, 5) is 11.8. The fourth-order valence-corrected chi connectivity index (χ4v) is 3.14. The lowest BCUT2D eigenvalue weighted by molar-refractivity contribution is -0.156. The van der Waals surface area contributed by atoms with Crippen LogP contribution in [0.15, 0.2) is 91.0 Å². The van der Waals surface area contributed by atoms with Gasteiger partial charge in [0.1, 0.15) is 18.3 Å². The van der Waals surface area contributed by atoms with E-state index in [4.69, 9.17) is 14.2 Å². The van der Waals surface area contributed by atoms with E-state index in [1.165, 1.54) is 0 Å². The van der Waals surface area contributed by atoms with Gasteiger partial charge in [0.25, 0.3) is 0 Å². The van der Waals surface area contributed by atoms with Gasteiger partial charge in [-0.3, -0.25) is 0 Å². The molecule has 31 heavy (non-hydrogen) atoms. The molecule has 0 heterocycles. The quantitative estimate of drug-likeness (QED) is 0.425. The van der Waals surface area contributed by atoms with Gasteiger partial charge in [-0.1, -0.05) is 91.0 Å². The Bertz CT molecular complexity index is 870. The van der Waals surface area contributed by atoms with Crippen LogP contribution in [0.2, 0.25) is 0 Å². The maximum Gasteiger partial charge on any atom is 0.151 e. The van der Waals surface area contributed by atoms with Crippen molar-refractivity contribution in [2.45, 2.75) is 38.1 Å². The van der Waals surface area contributed by atoms with Crippen molar-refractivity contribution in [3.8, 4) is 0 Å². The smallest absolute Gasteiger partial charge is 0.151 e. The Balaban J connectivity index is 1.62. The first-order valence-corrected chi connectivity index (χ1v) is 10.3. The Hall–Kier alpha value is -2.83. The second-order valence-corrected chi connectivity index (χ2v) is 7.23. The third-order valence-corrected chi connectivity index (χ3v) is 4.81. The van der Waals surface area contributed by atoms with Gasteiger partial charge in [-0.25, -0.2) is 0 Å². The lowest BCUT2D eigenvalue weighted by Crippen LogP contribution is -2.44. The van der Waals surface area contributed by atoms with Gasteiger partial charge in [0.2, 0.25) is 0 Å². The van der Waals surface area contributed by atoms with Crippen LogP contribution in [-0.2, 0) is 38.8 Å². The Labute approximate surface area is 183 Å². The topological polar surface area (TPSA) is 65.0 Å². The molecule has 162 valence electrons. The Morgan fingerprint density at radius 1 is 0.677 bits per heavy atom. The number of aldehydes is 1. The maximum absolute atomic E-state index is 11.8. The minimum atomic E-state index is -1.03. The van der Waals surface area contributed by atoms with E-state index >= 15 is 0 Å². The van der Waals surface area contributed by atoms with Crippen molar-refractivity contribution in [1.82, 2.24) is 0 Å². The van der Waals surface area contributed by atoms with Crippen molar-refractivity contribution < 1.29 is 24.1 Å². The minimum Gasteiger partial charge on any atom is -0.388 e. The van der Waals surface area contributed by atoms with E-state index < -0.39 is 18.3 Å². The number of hydrogen-bond acceptors (Lipinski definition) is 5. The van der Waals surface area contributed by atoms with E-state index in [9.17, 15) is 9.90 Å². The van der Waals surface area contributed by atoms with Crippen LogP contribution in [0.4, 0.5) is 0 Å². The molecule has 3 atom stereocenters. The van der Waals surface area contributed by atoms with Crippen molar-refractivity contribution in [2.75, 3.05) is 6.61 Å². The number of hydrogen-bond donors (Lipinski definition) is 1. The summed E-state index contributed by atoms with van der Waals surface area (Å²) in [7, 11) is 0. The van der Waals surface area contributed by atoms with E-state index in [1.807, 2.05) is 91.0 Å². The largest absolute Gasteiger partial charge is 0.388 e.